The summed E-state index contributed by atoms with van der Waals surface area (Å²) in [5.41, 5.74) is 1.24. The predicted octanol–water partition coefficient (Wildman–Crippen LogP) is 5.28. The van der Waals surface area contributed by atoms with Gasteiger partial charge in [0, 0.05) is 5.92 Å². The molecule has 114 valence electrons. The Labute approximate surface area is 129 Å². The topological polar surface area (TPSA) is 17.1 Å². The molecule has 0 heterocycles. The summed E-state index contributed by atoms with van der Waals surface area (Å²) < 4.78 is 0. The second kappa shape index (κ2) is 8.61. The zero-order valence-corrected chi connectivity index (χ0v) is 13.8. The Morgan fingerprint density at radius 1 is 1.29 bits per heavy atom. The lowest BCUT2D eigenvalue weighted by Crippen LogP contribution is -2.13. The van der Waals surface area contributed by atoms with Crippen LogP contribution in [0, 0.1) is 23.7 Å². The number of hydrogen-bond acceptors (Lipinski definition) is 1. The lowest BCUT2D eigenvalue weighted by atomic mass is 9.85. The molecule has 0 aromatic rings. The minimum absolute atomic E-state index is 0.0771. The summed E-state index contributed by atoms with van der Waals surface area (Å²) in [5.74, 6) is 1.70. The summed E-state index contributed by atoms with van der Waals surface area (Å²) in [6.07, 6.45) is 18.0. The summed E-state index contributed by atoms with van der Waals surface area (Å²) >= 11 is 0. The molecule has 1 aliphatic carbocycles. The van der Waals surface area contributed by atoms with E-state index in [1.165, 1.54) is 5.57 Å². The van der Waals surface area contributed by atoms with Crippen LogP contribution >= 0.6 is 0 Å². The fourth-order valence-corrected chi connectivity index (χ4v) is 2.40. The van der Waals surface area contributed by atoms with Gasteiger partial charge >= 0.3 is 0 Å². The molecule has 1 nitrogen and oxygen atoms in total. The number of Topliss-reactive ketones (excluding diaryl/α,β-unsaturated/α-hetero) is 1. The van der Waals surface area contributed by atoms with Crippen molar-refractivity contribution in [2.45, 2.75) is 34.1 Å². The molecule has 0 saturated heterocycles. The van der Waals surface area contributed by atoms with Crippen molar-refractivity contribution < 1.29 is 4.79 Å². The van der Waals surface area contributed by atoms with Gasteiger partial charge < -0.3 is 0 Å². The van der Waals surface area contributed by atoms with E-state index in [4.69, 9.17) is 0 Å². The number of allylic oxidation sites excluding steroid dienone is 9. The largest absolute Gasteiger partial charge is 0.300 e. The first-order valence-corrected chi connectivity index (χ1v) is 7.81. The molecular weight excluding hydrogens is 256 g/mol. The van der Waals surface area contributed by atoms with Crippen LogP contribution in [0.1, 0.15) is 34.1 Å². The third-order valence-corrected chi connectivity index (χ3v) is 4.45. The second-order valence-corrected chi connectivity index (χ2v) is 6.09. The van der Waals surface area contributed by atoms with E-state index < -0.39 is 0 Å². The molecule has 0 fully saturated rings. The highest BCUT2D eigenvalue weighted by molar-refractivity contribution is 5.78. The van der Waals surface area contributed by atoms with E-state index in [9.17, 15) is 4.79 Å². The molecule has 0 saturated carbocycles. The molecule has 0 aromatic carbocycles. The number of carbonyl (C=O) groups is 1. The van der Waals surface area contributed by atoms with E-state index in [1.54, 1.807) is 6.92 Å². The quantitative estimate of drug-likeness (QED) is 0.581. The third kappa shape index (κ3) is 5.71. The van der Waals surface area contributed by atoms with Gasteiger partial charge in [-0.3, -0.25) is 4.79 Å². The molecule has 0 bridgehead atoms. The van der Waals surface area contributed by atoms with E-state index in [0.717, 1.165) is 6.42 Å². The van der Waals surface area contributed by atoms with Gasteiger partial charge in [0.05, 0.1) is 0 Å². The molecule has 1 rings (SSSR count). The SMILES string of the molecule is C=C/C(=C\C=C/C(C)C(C)C(C)=O)CC1C=CC=CC1C. The highest BCUT2D eigenvalue weighted by atomic mass is 16.1. The maximum absolute atomic E-state index is 11.4. The maximum Gasteiger partial charge on any atom is 0.133 e. The van der Waals surface area contributed by atoms with Crippen LogP contribution in [0.3, 0.4) is 0 Å². The minimum atomic E-state index is 0.0771. The average Bonchev–Trinajstić information content (AvgIpc) is 2.47. The van der Waals surface area contributed by atoms with Crippen LogP contribution in [0.25, 0.3) is 0 Å². The summed E-state index contributed by atoms with van der Waals surface area (Å²) in [5, 5.41) is 0. The standard InChI is InChI=1S/C20H28O/c1-6-19(14-20-13-8-7-10-16(20)3)12-9-11-15(2)17(4)18(5)21/h6-13,15-17,20H,1,14H2,2-5H3/b11-9-,19-12+. The smallest absolute Gasteiger partial charge is 0.133 e. The summed E-state index contributed by atoms with van der Waals surface area (Å²) in [7, 11) is 0. The van der Waals surface area contributed by atoms with Gasteiger partial charge in [-0.1, -0.05) is 76.0 Å². The van der Waals surface area contributed by atoms with Crippen molar-refractivity contribution in [3.8, 4) is 0 Å². The molecule has 21 heavy (non-hydrogen) atoms. The Bertz CT molecular complexity index is 476. The first kappa shape index (κ1) is 17.4. The van der Waals surface area contributed by atoms with Crippen LogP contribution in [0.4, 0.5) is 0 Å². The van der Waals surface area contributed by atoms with Gasteiger partial charge in [-0.25, -0.2) is 0 Å². The van der Waals surface area contributed by atoms with Crippen molar-refractivity contribution in [2.24, 2.45) is 23.7 Å². The molecular formula is C20H28O. The first-order valence-electron chi connectivity index (χ1n) is 7.81. The van der Waals surface area contributed by atoms with Gasteiger partial charge in [0.1, 0.15) is 5.78 Å². The molecule has 0 N–H and O–H groups in total. The first-order chi connectivity index (χ1) is 9.95. The van der Waals surface area contributed by atoms with Crippen molar-refractivity contribution in [1.29, 1.82) is 0 Å². The molecule has 1 aliphatic rings. The molecule has 0 aliphatic heterocycles. The van der Waals surface area contributed by atoms with E-state index in [-0.39, 0.29) is 17.6 Å². The molecule has 1 heteroatoms. The van der Waals surface area contributed by atoms with Crippen LogP contribution < -0.4 is 0 Å². The average molecular weight is 284 g/mol. The van der Waals surface area contributed by atoms with Gasteiger partial charge in [-0.15, -0.1) is 0 Å². The van der Waals surface area contributed by atoms with E-state index in [2.05, 4.69) is 63.0 Å². The van der Waals surface area contributed by atoms with E-state index >= 15 is 0 Å². The molecule has 4 unspecified atom stereocenters. The van der Waals surface area contributed by atoms with E-state index in [0.29, 0.717) is 11.8 Å². The normalized spacial score (nSPS) is 25.0. The molecule has 0 spiro atoms. The Balaban J connectivity index is 2.63. The Kier molecular flexibility index (Phi) is 7.14. The van der Waals surface area contributed by atoms with Gasteiger partial charge in [-0.2, -0.15) is 0 Å². The molecule has 0 aromatic heterocycles. The van der Waals surface area contributed by atoms with Crippen LogP contribution in [0.5, 0.6) is 0 Å². The van der Waals surface area contributed by atoms with Gasteiger partial charge in [0.25, 0.3) is 0 Å². The highest BCUT2D eigenvalue weighted by Gasteiger charge is 2.15. The van der Waals surface area contributed by atoms with Crippen LogP contribution in [0.15, 0.2) is 60.8 Å². The molecule has 0 amide bonds. The van der Waals surface area contributed by atoms with Crippen molar-refractivity contribution in [2.75, 3.05) is 0 Å². The summed E-state index contributed by atoms with van der Waals surface area (Å²) in [4.78, 5) is 11.4. The zero-order chi connectivity index (χ0) is 15.8. The summed E-state index contributed by atoms with van der Waals surface area (Å²) in [6, 6.07) is 0. The van der Waals surface area contributed by atoms with Gasteiger partial charge in [0.15, 0.2) is 0 Å². The van der Waals surface area contributed by atoms with Crippen LogP contribution in [-0.4, -0.2) is 5.78 Å². The van der Waals surface area contributed by atoms with Crippen LogP contribution in [-0.2, 0) is 4.79 Å². The molecule has 4 atom stereocenters. The molecule has 0 radical (unpaired) electrons. The number of rotatable bonds is 7. The monoisotopic (exact) mass is 284 g/mol. The van der Waals surface area contributed by atoms with Gasteiger partial charge in [0.2, 0.25) is 0 Å². The van der Waals surface area contributed by atoms with Gasteiger partial charge in [-0.05, 0) is 36.7 Å². The number of carbonyl (C=O) groups excluding carboxylic acids is 1. The lowest BCUT2D eigenvalue weighted by Gasteiger charge is -2.20. The summed E-state index contributed by atoms with van der Waals surface area (Å²) in [6.45, 7) is 11.9. The predicted molar refractivity (Wildman–Crippen MR) is 92.0 cm³/mol. The maximum atomic E-state index is 11.4. The Morgan fingerprint density at radius 2 is 1.95 bits per heavy atom. The number of hydrogen-bond donors (Lipinski definition) is 0. The minimum Gasteiger partial charge on any atom is -0.300 e. The van der Waals surface area contributed by atoms with Crippen molar-refractivity contribution >= 4 is 5.78 Å². The lowest BCUT2D eigenvalue weighted by molar-refractivity contribution is -0.121. The Morgan fingerprint density at radius 3 is 2.52 bits per heavy atom. The highest BCUT2D eigenvalue weighted by Crippen LogP contribution is 2.26. The van der Waals surface area contributed by atoms with Crippen molar-refractivity contribution in [3.63, 3.8) is 0 Å². The fourth-order valence-electron chi connectivity index (χ4n) is 2.40. The van der Waals surface area contributed by atoms with Crippen molar-refractivity contribution in [1.82, 2.24) is 0 Å². The third-order valence-electron chi connectivity index (χ3n) is 4.45. The fraction of sp³-hybridized carbons (Fsp3) is 0.450. The second-order valence-electron chi connectivity index (χ2n) is 6.09. The van der Waals surface area contributed by atoms with E-state index in [1.807, 2.05) is 13.0 Å². The van der Waals surface area contributed by atoms with Crippen LogP contribution in [0.2, 0.25) is 0 Å². The zero-order valence-electron chi connectivity index (χ0n) is 13.8. The van der Waals surface area contributed by atoms with Crippen molar-refractivity contribution in [3.05, 3.63) is 60.8 Å². The Hall–Kier alpha value is -1.63. The number of ketones is 1.